The number of carbonyl (C=O) groups excluding carboxylic acids is 2. The Bertz CT molecular complexity index is 1640. The van der Waals surface area contributed by atoms with Crippen molar-refractivity contribution in [3.05, 3.63) is 63.8 Å². The second kappa shape index (κ2) is 15.2. The van der Waals surface area contributed by atoms with Gasteiger partial charge in [-0.25, -0.2) is 0 Å². The number of nitrogens with zero attached hydrogens (tertiary/aromatic N) is 3. The molecule has 2 aromatic carbocycles. The summed E-state index contributed by atoms with van der Waals surface area (Å²) in [6, 6.07) is 11.5. The fraction of sp³-hybridized carbons (Fsp3) is 0.541. The molecule has 2 amide bonds. The molecule has 6 rings (SSSR count). The Labute approximate surface area is 292 Å². The molecule has 3 heterocycles. The third-order valence-electron chi connectivity index (χ3n) is 11.0. The topological polar surface area (TPSA) is 104 Å². The summed E-state index contributed by atoms with van der Waals surface area (Å²) in [5.41, 5.74) is 2.51. The molecular weight excluding hydrogens is 651 g/mol. The molecule has 1 saturated carbocycles. The maximum absolute atomic E-state index is 14.0. The number of fused-ring (bicyclic) bond motifs is 1. The molecule has 2 N–H and O–H groups in total. The van der Waals surface area contributed by atoms with Crippen molar-refractivity contribution in [1.29, 1.82) is 0 Å². The Balaban J connectivity index is 1.13. The summed E-state index contributed by atoms with van der Waals surface area (Å²) >= 11 is 13.4. The summed E-state index contributed by atoms with van der Waals surface area (Å²) in [6.07, 6.45) is 10.4. The molecule has 2 aliphatic heterocycles. The van der Waals surface area contributed by atoms with Crippen LogP contribution < -0.4 is 5.32 Å². The van der Waals surface area contributed by atoms with Crippen LogP contribution in [0.2, 0.25) is 10.0 Å². The van der Waals surface area contributed by atoms with Crippen LogP contribution in [0.1, 0.15) is 73.7 Å². The van der Waals surface area contributed by atoms with Crippen LogP contribution in [0.5, 0.6) is 0 Å². The van der Waals surface area contributed by atoms with Crippen molar-refractivity contribution in [3.63, 3.8) is 0 Å². The van der Waals surface area contributed by atoms with E-state index in [-0.39, 0.29) is 30.2 Å². The summed E-state index contributed by atoms with van der Waals surface area (Å²) < 4.78 is 7.50. The van der Waals surface area contributed by atoms with E-state index >= 15 is 0 Å². The van der Waals surface area contributed by atoms with Gasteiger partial charge in [0.1, 0.15) is 0 Å². The van der Waals surface area contributed by atoms with Gasteiger partial charge in [-0.1, -0.05) is 41.4 Å². The standard InChI is InChI=1S/C37H46Cl2N4O5/c1-41-22-30(29-5-3-4-6-34(29)41)36(45)40-33-20-31(38)25(17-32(33)39)18-35(44)43-21-27(42-15-13-28(48-2)14-16-42)19-26(43)12-9-23-7-10-24(11-8-23)37(46)47/h3-6,17,20,22-24,26-28H,7-16,18-19,21H2,1-2H3,(H,40,45)(H,46,47)/t23-,24+,26-,27+/m1/s1. The summed E-state index contributed by atoms with van der Waals surface area (Å²) in [6.45, 7) is 2.60. The van der Waals surface area contributed by atoms with Crippen LogP contribution in [0, 0.1) is 11.8 Å². The van der Waals surface area contributed by atoms with Crippen molar-refractivity contribution in [2.24, 2.45) is 18.9 Å². The first kappa shape index (κ1) is 34.7. The molecule has 0 radical (unpaired) electrons. The molecule has 11 heteroatoms. The monoisotopic (exact) mass is 696 g/mol. The smallest absolute Gasteiger partial charge is 0.306 e. The zero-order valence-corrected chi connectivity index (χ0v) is 29.3. The zero-order valence-electron chi connectivity index (χ0n) is 27.8. The van der Waals surface area contributed by atoms with E-state index < -0.39 is 5.97 Å². The first-order chi connectivity index (χ1) is 23.1. The number of hydrogen-bond donors (Lipinski definition) is 2. The number of carboxylic acids is 1. The highest BCUT2D eigenvalue weighted by Crippen LogP contribution is 2.36. The van der Waals surface area contributed by atoms with E-state index in [0.29, 0.717) is 51.5 Å². The van der Waals surface area contributed by atoms with Gasteiger partial charge in [0.25, 0.3) is 5.91 Å². The van der Waals surface area contributed by atoms with Crippen molar-refractivity contribution < 1.29 is 24.2 Å². The van der Waals surface area contributed by atoms with Crippen molar-refractivity contribution in [2.45, 2.75) is 82.4 Å². The molecular formula is C37H46Cl2N4O5. The average Bonchev–Trinajstić information content (AvgIpc) is 3.67. The van der Waals surface area contributed by atoms with E-state index in [1.165, 1.54) is 0 Å². The van der Waals surface area contributed by atoms with Gasteiger partial charge in [-0.15, -0.1) is 0 Å². The minimum atomic E-state index is -0.680. The molecule has 3 aromatic rings. The number of nitrogens with one attached hydrogen (secondary N) is 1. The maximum atomic E-state index is 14.0. The van der Waals surface area contributed by atoms with Gasteiger partial charge in [-0.2, -0.15) is 0 Å². The number of rotatable bonds is 10. The third-order valence-corrected chi connectivity index (χ3v) is 11.7. The second-order valence-electron chi connectivity index (χ2n) is 13.9. The van der Waals surface area contributed by atoms with Gasteiger partial charge in [0.15, 0.2) is 0 Å². The summed E-state index contributed by atoms with van der Waals surface area (Å²) in [7, 11) is 3.68. The lowest BCUT2D eigenvalue weighted by Crippen LogP contribution is -2.45. The fourth-order valence-electron chi connectivity index (χ4n) is 8.13. The van der Waals surface area contributed by atoms with Crippen LogP contribution in [0.3, 0.4) is 0 Å². The van der Waals surface area contributed by atoms with Gasteiger partial charge in [-0.05, 0) is 87.5 Å². The zero-order chi connectivity index (χ0) is 33.9. The Kier molecular flexibility index (Phi) is 11.0. The molecule has 48 heavy (non-hydrogen) atoms. The SMILES string of the molecule is COC1CCN([C@H]2C[C@@H](CC[C@H]3CC[C@@H](C(=O)O)CC3)N(C(=O)Cc3cc(Cl)c(NC(=O)c4cn(C)c5ccccc45)cc3Cl)C2)CC1. The minimum Gasteiger partial charge on any atom is -0.481 e. The van der Waals surface area contributed by atoms with E-state index in [1.807, 2.05) is 35.9 Å². The van der Waals surface area contributed by atoms with Crippen LogP contribution in [0.15, 0.2) is 42.6 Å². The maximum Gasteiger partial charge on any atom is 0.306 e. The Morgan fingerprint density at radius 1 is 0.979 bits per heavy atom. The predicted octanol–water partition coefficient (Wildman–Crippen LogP) is 7.03. The van der Waals surface area contributed by atoms with Crippen LogP contribution in [-0.4, -0.2) is 82.2 Å². The van der Waals surface area contributed by atoms with Crippen LogP contribution in [-0.2, 0) is 27.8 Å². The Morgan fingerprint density at radius 3 is 2.42 bits per heavy atom. The number of hydrogen-bond acceptors (Lipinski definition) is 5. The quantitative estimate of drug-likeness (QED) is 0.236. The third kappa shape index (κ3) is 7.70. The summed E-state index contributed by atoms with van der Waals surface area (Å²) in [5, 5.41) is 13.9. The van der Waals surface area contributed by atoms with Crippen LogP contribution >= 0.6 is 23.2 Å². The lowest BCUT2D eigenvalue weighted by atomic mass is 9.79. The molecule has 0 spiro atoms. The molecule has 3 aliphatic rings. The van der Waals surface area contributed by atoms with Gasteiger partial charge in [0.2, 0.25) is 5.91 Å². The first-order valence-electron chi connectivity index (χ1n) is 17.2. The van der Waals surface area contributed by atoms with Crippen molar-refractivity contribution in [2.75, 3.05) is 32.1 Å². The number of amides is 2. The highest BCUT2D eigenvalue weighted by Gasteiger charge is 2.39. The summed E-state index contributed by atoms with van der Waals surface area (Å²) in [4.78, 5) is 43.3. The van der Waals surface area contributed by atoms with E-state index in [4.69, 9.17) is 27.9 Å². The lowest BCUT2D eigenvalue weighted by molar-refractivity contribution is -0.143. The molecule has 258 valence electrons. The van der Waals surface area contributed by atoms with E-state index in [1.54, 1.807) is 25.4 Å². The number of benzene rings is 2. The first-order valence-corrected chi connectivity index (χ1v) is 18.0. The van der Waals surface area contributed by atoms with Gasteiger partial charge in [-0.3, -0.25) is 19.3 Å². The number of halogens is 2. The van der Waals surface area contributed by atoms with Crippen molar-refractivity contribution in [3.8, 4) is 0 Å². The largest absolute Gasteiger partial charge is 0.481 e. The minimum absolute atomic E-state index is 0.0226. The molecule has 9 nitrogen and oxygen atoms in total. The fourth-order valence-corrected chi connectivity index (χ4v) is 8.60. The number of anilines is 1. The predicted molar refractivity (Wildman–Crippen MR) is 189 cm³/mol. The Morgan fingerprint density at radius 2 is 1.71 bits per heavy atom. The second-order valence-corrected chi connectivity index (χ2v) is 14.7. The molecule has 3 fully saturated rings. The number of likely N-dealkylation sites (tertiary alicyclic amines) is 2. The number of aromatic nitrogens is 1. The number of piperidine rings is 1. The molecule has 1 aromatic heterocycles. The van der Waals surface area contributed by atoms with Gasteiger partial charge in [0.05, 0.1) is 34.7 Å². The molecule has 0 unspecified atom stereocenters. The van der Waals surface area contributed by atoms with Crippen LogP contribution in [0.4, 0.5) is 5.69 Å². The normalized spacial score (nSPS) is 23.9. The molecule has 1 aliphatic carbocycles. The van der Waals surface area contributed by atoms with Gasteiger partial charge in [0, 0.05) is 68.0 Å². The number of aliphatic carboxylic acids is 1. The highest BCUT2D eigenvalue weighted by molar-refractivity contribution is 6.36. The van der Waals surface area contributed by atoms with Crippen molar-refractivity contribution in [1.82, 2.24) is 14.4 Å². The number of para-hydroxylation sites is 1. The molecule has 2 saturated heterocycles. The van der Waals surface area contributed by atoms with Crippen LogP contribution in [0.25, 0.3) is 10.9 Å². The number of ether oxygens (including phenoxy) is 1. The molecule has 2 atom stereocenters. The van der Waals surface area contributed by atoms with Crippen molar-refractivity contribution >= 4 is 57.6 Å². The summed E-state index contributed by atoms with van der Waals surface area (Å²) in [5.74, 6) is -0.668. The van der Waals surface area contributed by atoms with E-state index in [9.17, 15) is 19.5 Å². The Hall–Kier alpha value is -3.11. The van der Waals surface area contributed by atoms with E-state index in [2.05, 4.69) is 15.1 Å². The van der Waals surface area contributed by atoms with Gasteiger partial charge >= 0.3 is 5.97 Å². The van der Waals surface area contributed by atoms with E-state index in [0.717, 1.165) is 81.8 Å². The number of carbonyl (C=O) groups is 3. The lowest BCUT2D eigenvalue weighted by Gasteiger charge is -2.35. The highest BCUT2D eigenvalue weighted by atomic mass is 35.5. The average molecular weight is 698 g/mol. The number of methoxy groups -OCH3 is 1. The number of aryl methyl sites for hydroxylation is 1. The van der Waals surface area contributed by atoms with Gasteiger partial charge < -0.3 is 24.6 Å². The number of carboxylic acid groups (broad SMARTS) is 1. The molecule has 0 bridgehead atoms.